The van der Waals surface area contributed by atoms with Gasteiger partial charge in [-0.1, -0.05) is 29.3 Å². The number of fused-ring (bicyclic) bond motifs is 1. The van der Waals surface area contributed by atoms with Crippen molar-refractivity contribution in [3.05, 3.63) is 33.8 Å². The summed E-state index contributed by atoms with van der Waals surface area (Å²) >= 11 is 11.8. The van der Waals surface area contributed by atoms with Gasteiger partial charge in [-0.3, -0.25) is 4.79 Å². The van der Waals surface area contributed by atoms with Crippen LogP contribution in [0.4, 0.5) is 4.39 Å². The normalized spacial score (nSPS) is 37.3. The summed E-state index contributed by atoms with van der Waals surface area (Å²) in [5.74, 6) is -1.85. The minimum absolute atomic E-state index is 0.280. The summed E-state index contributed by atoms with van der Waals surface area (Å²) in [4.78, 5) is 11.1. The fourth-order valence-corrected chi connectivity index (χ4v) is 3.64. The average molecular weight is 333 g/mol. The average Bonchev–Trinajstić information content (AvgIpc) is 2.87. The number of carbonyl (C=O) groups is 1. The van der Waals surface area contributed by atoms with Crippen molar-refractivity contribution in [2.75, 3.05) is 0 Å². The van der Waals surface area contributed by atoms with Crippen molar-refractivity contribution >= 4 is 29.1 Å². The molecule has 0 unspecified atom stereocenters. The molecule has 4 nitrogen and oxygen atoms in total. The molecule has 1 aromatic rings. The molecule has 2 fully saturated rings. The maximum Gasteiger partial charge on any atom is 0.255 e. The van der Waals surface area contributed by atoms with Crippen LogP contribution >= 0.6 is 23.2 Å². The van der Waals surface area contributed by atoms with Gasteiger partial charge in [-0.25, -0.2) is 4.39 Å². The molecular weight excluding hydrogens is 318 g/mol. The zero-order valence-corrected chi connectivity index (χ0v) is 12.6. The van der Waals surface area contributed by atoms with E-state index < -0.39 is 29.5 Å². The summed E-state index contributed by atoms with van der Waals surface area (Å²) in [7, 11) is 0. The molecule has 0 bridgehead atoms. The molecule has 2 aliphatic rings. The Balaban J connectivity index is 1.59. The fourth-order valence-electron chi connectivity index (χ4n) is 3.32. The Hall–Kier alpha value is -0.880. The standard InChI is InChI=1S/C14H15Cl2FN2O2/c15-8-2-1-6(3-9(8)16)5-21-10-4-7-11(12(10)18)14(7,17)13(19)20/h1-3,7,10-12H,4-5,18H2,(H2,19,20)/t7-,10+,11+,12-,14+/m0/s1. The lowest BCUT2D eigenvalue weighted by molar-refractivity contribution is -0.126. The Bertz CT molecular complexity index is 600. The molecular formula is C14H15Cl2FN2O2. The van der Waals surface area contributed by atoms with Crippen LogP contribution in [0.25, 0.3) is 0 Å². The third-order valence-corrected chi connectivity index (χ3v) is 5.24. The van der Waals surface area contributed by atoms with Gasteiger partial charge < -0.3 is 16.2 Å². The highest BCUT2D eigenvalue weighted by Gasteiger charge is 2.76. The minimum atomic E-state index is -1.94. The number of carbonyl (C=O) groups excluding carboxylic acids is 1. The molecule has 1 amide bonds. The van der Waals surface area contributed by atoms with Crippen LogP contribution in [0.15, 0.2) is 18.2 Å². The van der Waals surface area contributed by atoms with Gasteiger partial charge in [0.15, 0.2) is 5.67 Å². The minimum Gasteiger partial charge on any atom is -0.372 e. The molecule has 5 atom stereocenters. The molecule has 0 aromatic heterocycles. The molecule has 4 N–H and O–H groups in total. The smallest absolute Gasteiger partial charge is 0.255 e. The molecule has 2 saturated carbocycles. The Morgan fingerprint density at radius 3 is 2.67 bits per heavy atom. The second kappa shape index (κ2) is 5.09. The Kier molecular flexibility index (Phi) is 3.64. The molecule has 114 valence electrons. The van der Waals surface area contributed by atoms with Crippen molar-refractivity contribution < 1.29 is 13.9 Å². The first-order valence-electron chi connectivity index (χ1n) is 6.65. The molecule has 0 heterocycles. The van der Waals surface area contributed by atoms with Crippen LogP contribution in [-0.2, 0) is 16.1 Å². The summed E-state index contributed by atoms with van der Waals surface area (Å²) in [5.41, 5.74) is 9.98. The lowest BCUT2D eigenvalue weighted by atomic mass is 10.0. The summed E-state index contributed by atoms with van der Waals surface area (Å²) in [5, 5.41) is 0.927. The molecule has 0 saturated heterocycles. The van der Waals surface area contributed by atoms with Gasteiger partial charge in [-0.05, 0) is 24.1 Å². The van der Waals surface area contributed by atoms with Crippen LogP contribution in [-0.4, -0.2) is 23.7 Å². The van der Waals surface area contributed by atoms with E-state index in [1.54, 1.807) is 18.2 Å². The molecule has 3 rings (SSSR count). The number of nitrogens with two attached hydrogens (primary N) is 2. The van der Waals surface area contributed by atoms with Crippen LogP contribution in [0.3, 0.4) is 0 Å². The van der Waals surface area contributed by atoms with Crippen LogP contribution < -0.4 is 11.5 Å². The van der Waals surface area contributed by atoms with Crippen LogP contribution in [0, 0.1) is 11.8 Å². The molecule has 0 radical (unpaired) electrons. The molecule has 21 heavy (non-hydrogen) atoms. The number of ether oxygens (including phenoxy) is 1. The van der Waals surface area contributed by atoms with E-state index in [4.69, 9.17) is 39.4 Å². The SMILES string of the molecule is NC(=O)[C@]1(F)[C@H]2[C@@H](N)[C@H](OCc3ccc(Cl)c(Cl)c3)C[C@@H]21. The Morgan fingerprint density at radius 2 is 2.14 bits per heavy atom. The molecule has 0 spiro atoms. The van der Waals surface area contributed by atoms with Crippen molar-refractivity contribution in [1.82, 2.24) is 0 Å². The zero-order chi connectivity index (χ0) is 15.4. The quantitative estimate of drug-likeness (QED) is 0.885. The number of hydrogen-bond acceptors (Lipinski definition) is 3. The number of halogens is 3. The summed E-state index contributed by atoms with van der Waals surface area (Å²) in [6.45, 7) is 0.310. The maximum atomic E-state index is 14.2. The number of alkyl halides is 1. The lowest BCUT2D eigenvalue weighted by Crippen LogP contribution is -2.43. The van der Waals surface area contributed by atoms with Gasteiger partial charge in [0.05, 0.1) is 22.8 Å². The Morgan fingerprint density at radius 1 is 1.43 bits per heavy atom. The predicted octanol–water partition coefficient (Wildman–Crippen LogP) is 2.05. The van der Waals surface area contributed by atoms with Crippen molar-refractivity contribution in [1.29, 1.82) is 0 Å². The fraction of sp³-hybridized carbons (Fsp3) is 0.500. The Labute approximate surface area is 131 Å². The first-order valence-corrected chi connectivity index (χ1v) is 7.41. The first-order chi connectivity index (χ1) is 9.85. The van der Waals surface area contributed by atoms with Crippen molar-refractivity contribution in [2.45, 2.75) is 30.8 Å². The van der Waals surface area contributed by atoms with E-state index in [0.29, 0.717) is 23.1 Å². The zero-order valence-electron chi connectivity index (χ0n) is 11.1. The maximum absolute atomic E-state index is 14.2. The van der Waals surface area contributed by atoms with E-state index in [1.807, 2.05) is 0 Å². The monoisotopic (exact) mass is 332 g/mol. The van der Waals surface area contributed by atoms with Gasteiger partial charge in [-0.15, -0.1) is 0 Å². The summed E-state index contributed by atoms with van der Waals surface area (Å²) in [6.07, 6.45) is 0.129. The number of hydrogen-bond donors (Lipinski definition) is 2. The van der Waals surface area contributed by atoms with Gasteiger partial charge in [-0.2, -0.15) is 0 Å². The predicted molar refractivity (Wildman–Crippen MR) is 77.6 cm³/mol. The number of benzene rings is 1. The summed E-state index contributed by atoms with van der Waals surface area (Å²) in [6, 6.07) is 4.69. The number of primary amides is 1. The topological polar surface area (TPSA) is 78.3 Å². The van der Waals surface area contributed by atoms with Crippen LogP contribution in [0.1, 0.15) is 12.0 Å². The van der Waals surface area contributed by atoms with Crippen molar-refractivity contribution in [3.8, 4) is 0 Å². The molecule has 2 aliphatic carbocycles. The van der Waals surface area contributed by atoms with Gasteiger partial charge in [0.1, 0.15) is 0 Å². The molecule has 7 heteroatoms. The molecule has 0 aliphatic heterocycles. The highest BCUT2D eigenvalue weighted by atomic mass is 35.5. The third-order valence-electron chi connectivity index (χ3n) is 4.51. The van der Waals surface area contributed by atoms with Gasteiger partial charge in [0, 0.05) is 17.9 Å². The second-order valence-corrected chi connectivity index (χ2v) is 6.49. The number of rotatable bonds is 4. The third kappa shape index (κ3) is 2.32. The largest absolute Gasteiger partial charge is 0.372 e. The molecule has 1 aromatic carbocycles. The first kappa shape index (κ1) is 15.0. The van der Waals surface area contributed by atoms with E-state index in [2.05, 4.69) is 0 Å². The van der Waals surface area contributed by atoms with E-state index in [0.717, 1.165) is 5.56 Å². The van der Waals surface area contributed by atoms with Crippen LogP contribution in [0.5, 0.6) is 0 Å². The van der Waals surface area contributed by atoms with E-state index >= 15 is 0 Å². The van der Waals surface area contributed by atoms with Gasteiger partial charge in [0.2, 0.25) is 0 Å². The van der Waals surface area contributed by atoms with Crippen LogP contribution in [0.2, 0.25) is 10.0 Å². The summed E-state index contributed by atoms with van der Waals surface area (Å²) < 4.78 is 19.9. The van der Waals surface area contributed by atoms with E-state index in [9.17, 15) is 9.18 Å². The van der Waals surface area contributed by atoms with Crippen molar-refractivity contribution in [3.63, 3.8) is 0 Å². The van der Waals surface area contributed by atoms with E-state index in [1.165, 1.54) is 0 Å². The van der Waals surface area contributed by atoms with Gasteiger partial charge in [0.25, 0.3) is 5.91 Å². The highest BCUT2D eigenvalue weighted by molar-refractivity contribution is 6.42. The van der Waals surface area contributed by atoms with Crippen molar-refractivity contribution in [2.24, 2.45) is 23.3 Å². The van der Waals surface area contributed by atoms with E-state index in [-0.39, 0.29) is 6.10 Å². The number of amides is 1. The second-order valence-electron chi connectivity index (χ2n) is 5.68. The lowest BCUT2D eigenvalue weighted by Gasteiger charge is -2.22. The highest BCUT2D eigenvalue weighted by Crippen LogP contribution is 2.63. The van der Waals surface area contributed by atoms with Gasteiger partial charge >= 0.3 is 0 Å².